The normalized spacial score (nSPS) is 11.8. The molecular formula is C14H17ClN2O3S. The van der Waals surface area contributed by atoms with Crippen LogP contribution in [0.4, 0.5) is 5.69 Å². The van der Waals surface area contributed by atoms with Crippen molar-refractivity contribution < 1.29 is 12.8 Å². The summed E-state index contributed by atoms with van der Waals surface area (Å²) >= 11 is 5.94. The molecule has 0 atom stereocenters. The van der Waals surface area contributed by atoms with Crippen molar-refractivity contribution in [2.45, 2.75) is 31.5 Å². The second-order valence-corrected chi connectivity index (χ2v) is 6.86. The Balaban J connectivity index is 2.15. The molecule has 2 rings (SSSR count). The number of hydrogen-bond donors (Lipinski definition) is 2. The van der Waals surface area contributed by atoms with Crippen molar-refractivity contribution in [1.29, 1.82) is 0 Å². The van der Waals surface area contributed by atoms with Crippen LogP contribution in [-0.4, -0.2) is 14.5 Å². The van der Waals surface area contributed by atoms with E-state index in [1.54, 1.807) is 30.3 Å². The van der Waals surface area contributed by atoms with Gasteiger partial charge in [-0.2, -0.15) is 8.42 Å². The lowest BCUT2D eigenvalue weighted by Gasteiger charge is -2.07. The first-order chi connectivity index (χ1) is 9.88. The summed E-state index contributed by atoms with van der Waals surface area (Å²) in [4.78, 5) is 0. The summed E-state index contributed by atoms with van der Waals surface area (Å²) in [7, 11) is -3.78. The minimum Gasteiger partial charge on any atom is -0.446 e. The lowest BCUT2D eigenvalue weighted by Crippen LogP contribution is -2.21. The van der Waals surface area contributed by atoms with Crippen LogP contribution < -0.4 is 10.0 Å². The summed E-state index contributed by atoms with van der Waals surface area (Å²) in [5.41, 5.74) is 0.317. The largest absolute Gasteiger partial charge is 0.446 e. The molecule has 21 heavy (non-hydrogen) atoms. The second-order valence-electron chi connectivity index (χ2n) is 4.84. The molecule has 5 nitrogen and oxygen atoms in total. The Kier molecular flexibility index (Phi) is 4.92. The van der Waals surface area contributed by atoms with E-state index < -0.39 is 10.0 Å². The quantitative estimate of drug-likeness (QED) is 0.854. The molecule has 1 aromatic heterocycles. The molecule has 2 N–H and O–H groups in total. The standard InChI is InChI=1S/C14H17ClN2O3S/c1-10(2)16-9-11-7-8-14(20-11)21(18,19)17-13-6-4-3-5-12(13)15/h3-8,10,16-17H,9H2,1-2H3. The van der Waals surface area contributed by atoms with Crippen molar-refractivity contribution in [3.63, 3.8) is 0 Å². The van der Waals surface area contributed by atoms with Crippen LogP contribution in [0, 0.1) is 0 Å². The third kappa shape index (κ3) is 4.23. The van der Waals surface area contributed by atoms with E-state index in [1.807, 2.05) is 13.8 Å². The maximum absolute atomic E-state index is 12.2. The summed E-state index contributed by atoms with van der Waals surface area (Å²) in [5, 5.41) is 3.35. The van der Waals surface area contributed by atoms with E-state index in [1.165, 1.54) is 6.07 Å². The summed E-state index contributed by atoms with van der Waals surface area (Å²) in [6, 6.07) is 9.97. The summed E-state index contributed by atoms with van der Waals surface area (Å²) in [6.45, 7) is 4.47. The maximum Gasteiger partial charge on any atom is 0.295 e. The van der Waals surface area contributed by atoms with Crippen molar-refractivity contribution in [3.8, 4) is 0 Å². The number of benzene rings is 1. The number of hydrogen-bond acceptors (Lipinski definition) is 4. The highest BCUT2D eigenvalue weighted by Gasteiger charge is 2.20. The lowest BCUT2D eigenvalue weighted by molar-refractivity contribution is 0.396. The monoisotopic (exact) mass is 328 g/mol. The Bertz CT molecular complexity index is 711. The zero-order valence-corrected chi connectivity index (χ0v) is 13.3. The first kappa shape index (κ1) is 15.9. The topological polar surface area (TPSA) is 71.3 Å². The van der Waals surface area contributed by atoms with Crippen molar-refractivity contribution >= 4 is 27.3 Å². The zero-order valence-electron chi connectivity index (χ0n) is 11.8. The summed E-state index contributed by atoms with van der Waals surface area (Å²) in [6.07, 6.45) is 0. The van der Waals surface area contributed by atoms with Crippen molar-refractivity contribution in [2.75, 3.05) is 4.72 Å². The molecule has 0 unspecified atom stereocenters. The highest BCUT2D eigenvalue weighted by Crippen LogP contribution is 2.24. The molecule has 0 amide bonds. The molecule has 0 bridgehead atoms. The molecule has 0 spiro atoms. The van der Waals surface area contributed by atoms with Crippen molar-refractivity contribution in [1.82, 2.24) is 5.32 Å². The molecule has 0 aliphatic rings. The lowest BCUT2D eigenvalue weighted by atomic mass is 10.3. The van der Waals surface area contributed by atoms with Gasteiger partial charge in [-0.1, -0.05) is 37.6 Å². The third-order valence-corrected chi connectivity index (χ3v) is 4.27. The van der Waals surface area contributed by atoms with E-state index >= 15 is 0 Å². The Hall–Kier alpha value is -1.50. The fourth-order valence-corrected chi connectivity index (χ4v) is 2.91. The molecule has 2 aromatic rings. The minimum atomic E-state index is -3.78. The second kappa shape index (κ2) is 6.51. The smallest absolute Gasteiger partial charge is 0.295 e. The molecule has 0 aliphatic carbocycles. The van der Waals surface area contributed by atoms with Crippen LogP contribution in [0.3, 0.4) is 0 Å². The maximum atomic E-state index is 12.2. The van der Waals surface area contributed by atoms with Gasteiger partial charge in [0.2, 0.25) is 5.09 Å². The molecule has 7 heteroatoms. The van der Waals surface area contributed by atoms with Gasteiger partial charge in [0.1, 0.15) is 5.76 Å². The number of halogens is 1. The molecule has 0 fully saturated rings. The predicted molar refractivity (Wildman–Crippen MR) is 82.9 cm³/mol. The zero-order chi connectivity index (χ0) is 15.5. The molecule has 114 valence electrons. The number of rotatable bonds is 6. The van der Waals surface area contributed by atoms with Crippen molar-refractivity contribution in [2.24, 2.45) is 0 Å². The Labute approximate surface area is 129 Å². The van der Waals surface area contributed by atoms with Crippen LogP contribution in [0.2, 0.25) is 5.02 Å². The van der Waals surface area contributed by atoms with Crippen LogP contribution in [0.15, 0.2) is 45.9 Å². The molecule has 0 radical (unpaired) electrons. The molecule has 0 saturated heterocycles. The van der Waals surface area contributed by atoms with E-state index in [0.29, 0.717) is 23.0 Å². The van der Waals surface area contributed by atoms with E-state index in [-0.39, 0.29) is 11.1 Å². The predicted octanol–water partition coefficient (Wildman–Crippen LogP) is 3.23. The van der Waals surface area contributed by atoms with Crippen LogP contribution in [0.5, 0.6) is 0 Å². The van der Waals surface area contributed by atoms with Crippen LogP contribution in [0.25, 0.3) is 0 Å². The highest BCUT2D eigenvalue weighted by molar-refractivity contribution is 7.92. The van der Waals surface area contributed by atoms with Crippen LogP contribution in [0.1, 0.15) is 19.6 Å². The third-order valence-electron chi connectivity index (χ3n) is 2.70. The average Bonchev–Trinajstić information content (AvgIpc) is 2.88. The van der Waals surface area contributed by atoms with Crippen LogP contribution >= 0.6 is 11.6 Å². The summed E-state index contributed by atoms with van der Waals surface area (Å²) in [5.74, 6) is 0.559. The molecule has 1 heterocycles. The van der Waals surface area contributed by atoms with Gasteiger partial charge >= 0.3 is 0 Å². The molecule has 0 aliphatic heterocycles. The first-order valence-corrected chi connectivity index (χ1v) is 8.34. The van der Waals surface area contributed by atoms with Gasteiger partial charge in [-0.25, -0.2) is 0 Å². The number of furan rings is 1. The van der Waals surface area contributed by atoms with Gasteiger partial charge in [0, 0.05) is 6.04 Å². The van der Waals surface area contributed by atoms with Gasteiger partial charge in [-0.3, -0.25) is 4.72 Å². The van der Waals surface area contributed by atoms with Crippen molar-refractivity contribution in [3.05, 3.63) is 47.2 Å². The van der Waals surface area contributed by atoms with E-state index in [9.17, 15) is 8.42 Å². The summed E-state index contributed by atoms with van der Waals surface area (Å²) < 4.78 is 32.2. The van der Waals surface area contributed by atoms with Gasteiger partial charge in [0.25, 0.3) is 10.0 Å². The SMILES string of the molecule is CC(C)NCc1ccc(S(=O)(=O)Nc2ccccc2Cl)o1. The van der Waals surface area contributed by atoms with Gasteiger partial charge in [-0.05, 0) is 24.3 Å². The van der Waals surface area contributed by atoms with E-state index in [2.05, 4.69) is 10.0 Å². The number of sulfonamides is 1. The average molecular weight is 329 g/mol. The fourth-order valence-electron chi connectivity index (χ4n) is 1.64. The van der Waals surface area contributed by atoms with E-state index in [4.69, 9.17) is 16.0 Å². The number of nitrogens with one attached hydrogen (secondary N) is 2. The Morgan fingerprint density at radius 3 is 2.57 bits per heavy atom. The molecular weight excluding hydrogens is 312 g/mol. The van der Waals surface area contributed by atoms with Crippen LogP contribution in [-0.2, 0) is 16.6 Å². The fraction of sp³-hybridized carbons (Fsp3) is 0.286. The van der Waals surface area contributed by atoms with Gasteiger partial charge in [-0.15, -0.1) is 0 Å². The molecule has 0 saturated carbocycles. The number of para-hydroxylation sites is 1. The first-order valence-electron chi connectivity index (χ1n) is 6.48. The van der Waals surface area contributed by atoms with E-state index in [0.717, 1.165) is 0 Å². The Morgan fingerprint density at radius 1 is 1.19 bits per heavy atom. The minimum absolute atomic E-state index is 0.136. The van der Waals surface area contributed by atoms with Gasteiger partial charge in [0.15, 0.2) is 0 Å². The highest BCUT2D eigenvalue weighted by atomic mass is 35.5. The number of anilines is 1. The van der Waals surface area contributed by atoms with Gasteiger partial charge < -0.3 is 9.73 Å². The van der Waals surface area contributed by atoms with Gasteiger partial charge in [0.05, 0.1) is 17.3 Å². The Morgan fingerprint density at radius 2 is 1.90 bits per heavy atom. The molecule has 1 aromatic carbocycles.